The summed E-state index contributed by atoms with van der Waals surface area (Å²) in [5, 5.41) is 0. The zero-order valence-corrected chi connectivity index (χ0v) is 24.8. The lowest BCUT2D eigenvalue weighted by molar-refractivity contribution is -0.903. The van der Waals surface area contributed by atoms with Crippen molar-refractivity contribution in [2.75, 3.05) is 20.6 Å². The van der Waals surface area contributed by atoms with Gasteiger partial charge in [0.05, 0.1) is 27.1 Å². The molecule has 2 rings (SSSR count). The molecule has 0 amide bonds. The van der Waals surface area contributed by atoms with Crippen LogP contribution >= 0.6 is 0 Å². The van der Waals surface area contributed by atoms with Crippen LogP contribution in [0.2, 0.25) is 0 Å². The van der Waals surface area contributed by atoms with Crippen molar-refractivity contribution in [1.82, 2.24) is 0 Å². The number of aryl methyl sites for hydroxylation is 1. The first-order valence-electron chi connectivity index (χ1n) is 15.2. The first-order valence-corrected chi connectivity index (χ1v) is 15.2. The number of hydrogen-bond donors (Lipinski definition) is 0. The molecule has 212 valence electrons. The largest absolute Gasteiger partial charge is 0.455 e. The molecule has 0 heterocycles. The SMILES string of the molecule is CCCCCCCCCCCCCCc1ccc(OC(C)OC(=O)CC[N+](C)(C)Cc2ccccc2)cc1. The number of carbonyl (C=O) groups is 1. The first kappa shape index (κ1) is 31.9. The fraction of sp³-hybridized carbons (Fsp3) is 0.618. The fourth-order valence-corrected chi connectivity index (χ4v) is 4.92. The Bertz CT molecular complexity index is 863. The molecule has 0 bridgehead atoms. The zero-order valence-electron chi connectivity index (χ0n) is 24.8. The summed E-state index contributed by atoms with van der Waals surface area (Å²) in [5.41, 5.74) is 2.61. The molecule has 1 unspecified atom stereocenters. The molecule has 0 fully saturated rings. The van der Waals surface area contributed by atoms with E-state index in [1.807, 2.05) is 18.2 Å². The Hall–Kier alpha value is -2.33. The topological polar surface area (TPSA) is 35.5 Å². The third-order valence-electron chi connectivity index (χ3n) is 7.22. The molecule has 0 saturated heterocycles. The van der Waals surface area contributed by atoms with Crippen molar-refractivity contribution in [2.45, 2.75) is 117 Å². The van der Waals surface area contributed by atoms with Crippen LogP contribution in [0.1, 0.15) is 108 Å². The van der Waals surface area contributed by atoms with Crippen molar-refractivity contribution in [3.63, 3.8) is 0 Å². The maximum atomic E-state index is 12.4. The summed E-state index contributed by atoms with van der Waals surface area (Å²) in [6.07, 6.45) is 17.4. The zero-order chi connectivity index (χ0) is 27.5. The van der Waals surface area contributed by atoms with Crippen molar-refractivity contribution in [1.29, 1.82) is 0 Å². The van der Waals surface area contributed by atoms with E-state index in [0.29, 0.717) is 13.0 Å². The maximum Gasteiger partial charge on any atom is 0.314 e. The number of esters is 1. The van der Waals surface area contributed by atoms with Crippen LogP contribution in [0.25, 0.3) is 0 Å². The second-order valence-electron chi connectivity index (χ2n) is 11.5. The van der Waals surface area contributed by atoms with Gasteiger partial charge in [-0.05, 0) is 30.5 Å². The van der Waals surface area contributed by atoms with Gasteiger partial charge in [0.2, 0.25) is 6.29 Å². The molecular weight excluding hydrogens is 470 g/mol. The molecule has 0 radical (unpaired) electrons. The Balaban J connectivity index is 1.54. The van der Waals surface area contributed by atoms with Crippen LogP contribution in [0, 0.1) is 0 Å². The molecule has 0 saturated carbocycles. The highest BCUT2D eigenvalue weighted by atomic mass is 16.7. The molecule has 2 aromatic carbocycles. The van der Waals surface area contributed by atoms with Gasteiger partial charge in [-0.1, -0.05) is 120 Å². The van der Waals surface area contributed by atoms with Crippen LogP contribution in [-0.4, -0.2) is 37.4 Å². The highest BCUT2D eigenvalue weighted by molar-refractivity contribution is 5.69. The van der Waals surface area contributed by atoms with E-state index in [0.717, 1.165) is 23.2 Å². The number of benzene rings is 2. The number of nitrogens with zero attached hydrogens (tertiary/aromatic N) is 1. The number of unbranched alkanes of at least 4 members (excludes halogenated alkanes) is 11. The standard InChI is InChI=1S/C34H54NO3/c1-5-6-7-8-9-10-11-12-13-14-15-17-20-31-23-25-33(26-24-31)37-30(2)38-34(36)27-28-35(3,4)29-32-21-18-16-19-22-32/h16,18-19,21-26,30H,5-15,17,20,27-29H2,1-4H3/q+1. The van der Waals surface area contributed by atoms with Crippen LogP contribution in [0.5, 0.6) is 5.75 Å². The Morgan fingerprint density at radius 3 is 1.87 bits per heavy atom. The van der Waals surface area contributed by atoms with Gasteiger partial charge in [-0.15, -0.1) is 0 Å². The van der Waals surface area contributed by atoms with Gasteiger partial charge in [-0.3, -0.25) is 4.79 Å². The van der Waals surface area contributed by atoms with Gasteiger partial charge >= 0.3 is 5.97 Å². The highest BCUT2D eigenvalue weighted by Gasteiger charge is 2.20. The van der Waals surface area contributed by atoms with E-state index in [1.54, 1.807) is 6.92 Å². The Kier molecular flexibility index (Phi) is 15.8. The normalized spacial score (nSPS) is 12.3. The molecule has 4 nitrogen and oxygen atoms in total. The van der Waals surface area contributed by atoms with Crippen molar-refractivity contribution in [3.8, 4) is 5.75 Å². The third kappa shape index (κ3) is 15.2. The minimum Gasteiger partial charge on any atom is -0.455 e. The third-order valence-corrected chi connectivity index (χ3v) is 7.22. The van der Waals surface area contributed by atoms with Crippen LogP contribution in [0.3, 0.4) is 0 Å². The van der Waals surface area contributed by atoms with E-state index >= 15 is 0 Å². The van der Waals surface area contributed by atoms with Gasteiger partial charge in [0.25, 0.3) is 0 Å². The van der Waals surface area contributed by atoms with E-state index in [2.05, 4.69) is 57.4 Å². The number of rotatable bonds is 21. The van der Waals surface area contributed by atoms with Crippen molar-refractivity contribution >= 4 is 5.97 Å². The second kappa shape index (κ2) is 18.8. The average Bonchev–Trinajstić information content (AvgIpc) is 2.89. The summed E-state index contributed by atoms with van der Waals surface area (Å²) in [6, 6.07) is 18.6. The molecule has 0 spiro atoms. The predicted octanol–water partition coefficient (Wildman–Crippen LogP) is 8.86. The van der Waals surface area contributed by atoms with Crippen molar-refractivity contribution in [2.24, 2.45) is 0 Å². The molecule has 0 aromatic heterocycles. The molecule has 0 aliphatic heterocycles. The number of quaternary nitrogens is 1. The lowest BCUT2D eigenvalue weighted by atomic mass is 10.0. The summed E-state index contributed by atoms with van der Waals surface area (Å²) in [6.45, 7) is 5.66. The van der Waals surface area contributed by atoms with Crippen LogP contribution in [0.4, 0.5) is 0 Å². The lowest BCUT2D eigenvalue weighted by Crippen LogP contribution is -2.40. The molecule has 2 aromatic rings. The van der Waals surface area contributed by atoms with Crippen molar-refractivity contribution < 1.29 is 18.8 Å². The van der Waals surface area contributed by atoms with Gasteiger partial charge in [-0.2, -0.15) is 0 Å². The van der Waals surface area contributed by atoms with E-state index in [9.17, 15) is 4.79 Å². The van der Waals surface area contributed by atoms with Crippen molar-refractivity contribution in [3.05, 3.63) is 65.7 Å². The van der Waals surface area contributed by atoms with E-state index in [1.165, 1.54) is 88.2 Å². The van der Waals surface area contributed by atoms with E-state index < -0.39 is 6.29 Å². The molecule has 1 atom stereocenters. The van der Waals surface area contributed by atoms with Gasteiger partial charge in [0, 0.05) is 12.5 Å². The Morgan fingerprint density at radius 2 is 1.29 bits per heavy atom. The van der Waals surface area contributed by atoms with Crippen LogP contribution in [0.15, 0.2) is 54.6 Å². The monoisotopic (exact) mass is 524 g/mol. The fourth-order valence-electron chi connectivity index (χ4n) is 4.92. The van der Waals surface area contributed by atoms with Crippen LogP contribution in [-0.2, 0) is 22.5 Å². The maximum absolute atomic E-state index is 12.4. The van der Waals surface area contributed by atoms with Gasteiger partial charge in [0.1, 0.15) is 12.3 Å². The van der Waals surface area contributed by atoms with Gasteiger partial charge < -0.3 is 14.0 Å². The number of carbonyl (C=O) groups excluding carboxylic acids is 1. The summed E-state index contributed by atoms with van der Waals surface area (Å²) in [7, 11) is 4.28. The molecule has 0 aliphatic carbocycles. The average molecular weight is 525 g/mol. The number of ether oxygens (including phenoxy) is 2. The summed E-state index contributed by atoms with van der Waals surface area (Å²) in [4.78, 5) is 12.4. The number of hydrogen-bond acceptors (Lipinski definition) is 3. The van der Waals surface area contributed by atoms with Crippen LogP contribution < -0.4 is 4.74 Å². The summed E-state index contributed by atoms with van der Waals surface area (Å²) in [5.74, 6) is 0.518. The minimum atomic E-state index is -0.602. The Labute approximate surface area is 233 Å². The first-order chi connectivity index (χ1) is 18.4. The smallest absolute Gasteiger partial charge is 0.314 e. The predicted molar refractivity (Wildman–Crippen MR) is 159 cm³/mol. The quantitative estimate of drug-likeness (QED) is 0.0708. The minimum absolute atomic E-state index is 0.222. The highest BCUT2D eigenvalue weighted by Crippen LogP contribution is 2.18. The molecule has 0 aliphatic rings. The molecule has 0 N–H and O–H groups in total. The lowest BCUT2D eigenvalue weighted by Gasteiger charge is -2.29. The Morgan fingerprint density at radius 1 is 0.737 bits per heavy atom. The van der Waals surface area contributed by atoms with E-state index in [4.69, 9.17) is 9.47 Å². The summed E-state index contributed by atoms with van der Waals surface area (Å²) < 4.78 is 12.1. The van der Waals surface area contributed by atoms with E-state index in [-0.39, 0.29) is 5.97 Å². The van der Waals surface area contributed by atoms with Gasteiger partial charge in [-0.25, -0.2) is 0 Å². The van der Waals surface area contributed by atoms with Gasteiger partial charge in [0.15, 0.2) is 0 Å². The molecular formula is C34H54NO3+. The molecule has 4 heteroatoms. The second-order valence-corrected chi connectivity index (χ2v) is 11.5. The molecule has 38 heavy (non-hydrogen) atoms. The summed E-state index contributed by atoms with van der Waals surface area (Å²) >= 11 is 0.